The Kier molecular flexibility index (Phi) is 6.26. The van der Waals surface area contributed by atoms with Crippen molar-refractivity contribution in [2.75, 3.05) is 27.2 Å². The number of ether oxygens (including phenoxy) is 1. The molecule has 1 aromatic heterocycles. The fourth-order valence-electron chi connectivity index (χ4n) is 1.38. The largest absolute Gasteiger partial charge is 0.468 e. The number of furan rings is 1. The minimum atomic E-state index is 0.461. The van der Waals surface area contributed by atoms with E-state index in [9.17, 15) is 0 Å². The molecule has 0 atom stereocenters. The molecule has 0 aliphatic carbocycles. The molecular formula is C13H24N2O2. The van der Waals surface area contributed by atoms with Crippen LogP contribution in [0.3, 0.4) is 0 Å². The topological polar surface area (TPSA) is 37.6 Å². The minimum absolute atomic E-state index is 0.461. The molecule has 0 spiro atoms. The molecule has 0 amide bonds. The first kappa shape index (κ1) is 14.2. The molecule has 0 radical (unpaired) electrons. The van der Waals surface area contributed by atoms with Crippen LogP contribution in [0.25, 0.3) is 0 Å². The summed E-state index contributed by atoms with van der Waals surface area (Å²) in [5.74, 6) is 0.976. The molecular weight excluding hydrogens is 216 g/mol. The van der Waals surface area contributed by atoms with E-state index in [1.165, 1.54) is 0 Å². The van der Waals surface area contributed by atoms with Gasteiger partial charge in [-0.05, 0) is 20.2 Å². The van der Waals surface area contributed by atoms with Gasteiger partial charge in [-0.1, -0.05) is 13.8 Å². The van der Waals surface area contributed by atoms with Crippen molar-refractivity contribution in [2.45, 2.75) is 33.0 Å². The maximum Gasteiger partial charge on any atom is 0.123 e. The van der Waals surface area contributed by atoms with Crippen LogP contribution in [0.2, 0.25) is 0 Å². The third-order valence-electron chi connectivity index (χ3n) is 2.45. The molecule has 17 heavy (non-hydrogen) atoms. The van der Waals surface area contributed by atoms with Gasteiger partial charge in [-0.3, -0.25) is 0 Å². The zero-order chi connectivity index (χ0) is 12.7. The predicted octanol–water partition coefficient (Wildman–Crippen LogP) is 1.86. The quantitative estimate of drug-likeness (QED) is 0.704. The molecule has 0 bridgehead atoms. The molecule has 98 valence electrons. The highest BCUT2D eigenvalue weighted by Crippen LogP contribution is 2.11. The van der Waals surface area contributed by atoms with E-state index in [0.29, 0.717) is 12.6 Å². The summed E-state index contributed by atoms with van der Waals surface area (Å²) in [4.78, 5) is 2.11. The van der Waals surface area contributed by atoms with Crippen LogP contribution in [0.1, 0.15) is 25.2 Å². The summed E-state index contributed by atoms with van der Waals surface area (Å²) in [6.45, 7) is 7.32. The third-order valence-corrected chi connectivity index (χ3v) is 2.45. The van der Waals surface area contributed by atoms with E-state index in [4.69, 9.17) is 9.15 Å². The summed E-state index contributed by atoms with van der Waals surface area (Å²) in [6, 6.07) is 2.44. The highest BCUT2D eigenvalue weighted by Gasteiger charge is 2.06. The standard InChI is InChI=1S/C13H24N2O2/c1-11(2)14-9-13-12(5-7-17-13)10-16-8-6-15(3)4/h5,7,11,14H,6,8-10H2,1-4H3. The van der Waals surface area contributed by atoms with Crippen molar-refractivity contribution in [3.63, 3.8) is 0 Å². The lowest BCUT2D eigenvalue weighted by molar-refractivity contribution is 0.104. The van der Waals surface area contributed by atoms with E-state index in [-0.39, 0.29) is 0 Å². The normalized spacial score (nSPS) is 11.6. The number of likely N-dealkylation sites (N-methyl/N-ethyl adjacent to an activating group) is 1. The van der Waals surface area contributed by atoms with Crippen molar-refractivity contribution in [1.82, 2.24) is 10.2 Å². The van der Waals surface area contributed by atoms with Crippen molar-refractivity contribution in [2.24, 2.45) is 0 Å². The summed E-state index contributed by atoms with van der Waals surface area (Å²) in [5, 5.41) is 3.34. The van der Waals surface area contributed by atoms with E-state index in [1.54, 1.807) is 6.26 Å². The van der Waals surface area contributed by atoms with Crippen LogP contribution in [0.15, 0.2) is 16.7 Å². The van der Waals surface area contributed by atoms with Crippen molar-refractivity contribution >= 4 is 0 Å². The smallest absolute Gasteiger partial charge is 0.123 e. The van der Waals surface area contributed by atoms with E-state index in [0.717, 1.165) is 31.0 Å². The fourth-order valence-corrected chi connectivity index (χ4v) is 1.38. The average Bonchev–Trinajstić information content (AvgIpc) is 2.68. The third kappa shape index (κ3) is 5.86. The van der Waals surface area contributed by atoms with Gasteiger partial charge in [0.1, 0.15) is 5.76 Å². The van der Waals surface area contributed by atoms with Crippen LogP contribution < -0.4 is 5.32 Å². The van der Waals surface area contributed by atoms with E-state index in [2.05, 4.69) is 24.1 Å². The van der Waals surface area contributed by atoms with Crippen molar-refractivity contribution in [1.29, 1.82) is 0 Å². The molecule has 0 unspecified atom stereocenters. The van der Waals surface area contributed by atoms with Gasteiger partial charge in [0.15, 0.2) is 0 Å². The molecule has 1 heterocycles. The Balaban J connectivity index is 2.30. The maximum atomic E-state index is 5.61. The van der Waals surface area contributed by atoms with Gasteiger partial charge < -0.3 is 19.4 Å². The van der Waals surface area contributed by atoms with Gasteiger partial charge in [0.2, 0.25) is 0 Å². The number of hydrogen-bond donors (Lipinski definition) is 1. The summed E-state index contributed by atoms with van der Waals surface area (Å²) in [6.07, 6.45) is 1.72. The fraction of sp³-hybridized carbons (Fsp3) is 0.692. The van der Waals surface area contributed by atoms with Gasteiger partial charge in [-0.2, -0.15) is 0 Å². The molecule has 0 fully saturated rings. The summed E-state index contributed by atoms with van der Waals surface area (Å²) < 4.78 is 11.0. The monoisotopic (exact) mass is 240 g/mol. The summed E-state index contributed by atoms with van der Waals surface area (Å²) >= 11 is 0. The number of hydrogen-bond acceptors (Lipinski definition) is 4. The molecule has 1 aromatic rings. The van der Waals surface area contributed by atoms with E-state index in [1.807, 2.05) is 20.2 Å². The predicted molar refractivity (Wildman–Crippen MR) is 68.9 cm³/mol. The van der Waals surface area contributed by atoms with Crippen LogP contribution in [0.4, 0.5) is 0 Å². The second kappa shape index (κ2) is 7.48. The average molecular weight is 240 g/mol. The minimum Gasteiger partial charge on any atom is -0.468 e. The van der Waals surface area contributed by atoms with Gasteiger partial charge in [0.25, 0.3) is 0 Å². The van der Waals surface area contributed by atoms with Crippen LogP contribution >= 0.6 is 0 Å². The lowest BCUT2D eigenvalue weighted by atomic mass is 10.2. The molecule has 1 rings (SSSR count). The molecule has 0 saturated heterocycles. The van der Waals surface area contributed by atoms with Gasteiger partial charge >= 0.3 is 0 Å². The highest BCUT2D eigenvalue weighted by atomic mass is 16.5. The van der Waals surface area contributed by atoms with Crippen LogP contribution in [0.5, 0.6) is 0 Å². The maximum absolute atomic E-state index is 5.61. The number of nitrogens with zero attached hydrogens (tertiary/aromatic N) is 1. The second-order valence-electron chi connectivity index (χ2n) is 4.76. The Bertz CT molecular complexity index is 308. The van der Waals surface area contributed by atoms with E-state index < -0.39 is 0 Å². The summed E-state index contributed by atoms with van der Waals surface area (Å²) in [7, 11) is 4.08. The number of nitrogens with one attached hydrogen (secondary N) is 1. The van der Waals surface area contributed by atoms with Gasteiger partial charge in [0, 0.05) is 18.2 Å². The zero-order valence-corrected chi connectivity index (χ0v) is 11.3. The highest BCUT2D eigenvalue weighted by molar-refractivity contribution is 5.15. The molecule has 0 aromatic carbocycles. The second-order valence-corrected chi connectivity index (χ2v) is 4.76. The Morgan fingerprint density at radius 3 is 2.82 bits per heavy atom. The lowest BCUT2D eigenvalue weighted by Crippen LogP contribution is -2.22. The summed E-state index contributed by atoms with van der Waals surface area (Å²) in [5.41, 5.74) is 1.14. The Hall–Kier alpha value is -0.840. The van der Waals surface area contributed by atoms with Gasteiger partial charge in [-0.25, -0.2) is 0 Å². The van der Waals surface area contributed by atoms with Crippen molar-refractivity contribution < 1.29 is 9.15 Å². The van der Waals surface area contributed by atoms with E-state index >= 15 is 0 Å². The van der Waals surface area contributed by atoms with Crippen LogP contribution in [-0.2, 0) is 17.9 Å². The SMILES string of the molecule is CC(C)NCc1occc1COCCN(C)C. The molecule has 0 aliphatic rings. The van der Waals surface area contributed by atoms with Crippen molar-refractivity contribution in [3.8, 4) is 0 Å². The Morgan fingerprint density at radius 2 is 2.18 bits per heavy atom. The zero-order valence-electron chi connectivity index (χ0n) is 11.3. The Labute approximate surface area is 104 Å². The first-order valence-corrected chi connectivity index (χ1v) is 6.10. The molecule has 4 heteroatoms. The van der Waals surface area contributed by atoms with Crippen LogP contribution in [-0.4, -0.2) is 38.2 Å². The molecule has 0 saturated carbocycles. The first-order valence-electron chi connectivity index (χ1n) is 6.10. The van der Waals surface area contributed by atoms with Crippen molar-refractivity contribution in [3.05, 3.63) is 23.7 Å². The van der Waals surface area contributed by atoms with Gasteiger partial charge in [0.05, 0.1) is 26.0 Å². The molecule has 1 N–H and O–H groups in total. The Morgan fingerprint density at radius 1 is 1.41 bits per heavy atom. The first-order chi connectivity index (χ1) is 8.09. The molecule has 0 aliphatic heterocycles. The number of rotatable bonds is 8. The van der Waals surface area contributed by atoms with Gasteiger partial charge in [-0.15, -0.1) is 0 Å². The molecule has 4 nitrogen and oxygen atoms in total. The van der Waals surface area contributed by atoms with Crippen LogP contribution in [0, 0.1) is 0 Å². The lowest BCUT2D eigenvalue weighted by Gasteiger charge is -2.10.